The molecule has 8 heteroatoms. The van der Waals surface area contributed by atoms with Crippen LogP contribution in [0.15, 0.2) is 29.1 Å². The van der Waals surface area contributed by atoms with E-state index in [0.717, 1.165) is 48.5 Å². The van der Waals surface area contributed by atoms with E-state index < -0.39 is 0 Å². The quantitative estimate of drug-likeness (QED) is 0.798. The number of hydrogen-bond donors (Lipinski definition) is 1. The summed E-state index contributed by atoms with van der Waals surface area (Å²) in [5.41, 5.74) is 2.58. The molecular weight excluding hydrogens is 409 g/mol. The highest BCUT2D eigenvalue weighted by Gasteiger charge is 2.48. The van der Waals surface area contributed by atoms with Gasteiger partial charge in [-0.15, -0.1) is 0 Å². The summed E-state index contributed by atoms with van der Waals surface area (Å²) in [6, 6.07) is 6.60. The zero-order valence-electron chi connectivity index (χ0n) is 18.7. The minimum absolute atomic E-state index is 0.0351. The number of benzene rings is 1. The lowest BCUT2D eigenvalue weighted by Gasteiger charge is -2.30. The topological polar surface area (TPSA) is 70.5 Å². The van der Waals surface area contributed by atoms with Crippen LogP contribution in [0.3, 0.4) is 0 Å². The van der Waals surface area contributed by atoms with Gasteiger partial charge in [0.1, 0.15) is 11.6 Å². The molecule has 1 N–H and O–H groups in total. The van der Waals surface area contributed by atoms with Crippen molar-refractivity contribution in [1.82, 2.24) is 24.7 Å². The molecule has 2 amide bonds. The van der Waals surface area contributed by atoms with Crippen molar-refractivity contribution in [1.29, 1.82) is 0 Å². The summed E-state index contributed by atoms with van der Waals surface area (Å²) < 4.78 is 15.1. The van der Waals surface area contributed by atoms with E-state index in [1.165, 1.54) is 12.1 Å². The number of fused-ring (bicyclic) bond motifs is 3. The first-order valence-corrected chi connectivity index (χ1v) is 11.5. The fourth-order valence-electron chi connectivity index (χ4n) is 5.37. The van der Waals surface area contributed by atoms with Gasteiger partial charge in [-0.25, -0.2) is 14.2 Å². The predicted molar refractivity (Wildman–Crippen MR) is 119 cm³/mol. The number of carbonyl (C=O) groups is 1. The Kier molecular flexibility index (Phi) is 5.28. The third kappa shape index (κ3) is 3.70. The maximum Gasteiger partial charge on any atom is 0.317 e. The molecule has 1 aromatic carbocycles. The van der Waals surface area contributed by atoms with Gasteiger partial charge in [-0.2, -0.15) is 0 Å². The van der Waals surface area contributed by atoms with Gasteiger partial charge in [0.2, 0.25) is 0 Å². The second-order valence-electron chi connectivity index (χ2n) is 9.71. The number of nitrogens with one attached hydrogen (secondary N) is 1. The van der Waals surface area contributed by atoms with Crippen LogP contribution in [0.4, 0.5) is 9.18 Å². The molecule has 32 heavy (non-hydrogen) atoms. The molecule has 7 nitrogen and oxygen atoms in total. The number of hydrogen-bond acceptors (Lipinski definition) is 4. The Bertz CT molecular complexity index is 1100. The molecule has 170 valence electrons. The van der Waals surface area contributed by atoms with Crippen molar-refractivity contribution in [3.63, 3.8) is 0 Å². The first-order valence-electron chi connectivity index (χ1n) is 11.5. The molecule has 1 spiro atoms. The number of aromatic nitrogens is 2. The summed E-state index contributed by atoms with van der Waals surface area (Å²) in [6.07, 6.45) is 2.43. The van der Waals surface area contributed by atoms with E-state index in [0.29, 0.717) is 32.7 Å². The smallest absolute Gasteiger partial charge is 0.317 e. The average molecular weight is 440 g/mol. The molecule has 0 radical (unpaired) electrons. The maximum atomic E-state index is 13.4. The van der Waals surface area contributed by atoms with Crippen molar-refractivity contribution >= 4 is 6.03 Å². The van der Waals surface area contributed by atoms with Crippen molar-refractivity contribution in [2.75, 3.05) is 19.6 Å². The summed E-state index contributed by atoms with van der Waals surface area (Å²) in [4.78, 5) is 35.0. The number of amides is 2. The van der Waals surface area contributed by atoms with E-state index in [2.05, 4.69) is 10.2 Å². The van der Waals surface area contributed by atoms with Gasteiger partial charge < -0.3 is 10.2 Å². The van der Waals surface area contributed by atoms with Crippen molar-refractivity contribution < 1.29 is 9.18 Å². The van der Waals surface area contributed by atoms with Crippen LogP contribution in [0.25, 0.3) is 0 Å². The second-order valence-corrected chi connectivity index (χ2v) is 9.71. The molecule has 1 atom stereocenters. The van der Waals surface area contributed by atoms with Crippen LogP contribution in [0.5, 0.6) is 0 Å². The number of carbonyl (C=O) groups excluding carboxylic acids is 1. The molecule has 0 unspecified atom stereocenters. The average Bonchev–Trinajstić information content (AvgIpc) is 3.35. The number of likely N-dealkylation sites (tertiary alicyclic amines) is 1. The molecule has 1 saturated heterocycles. The maximum absolute atomic E-state index is 13.4. The van der Waals surface area contributed by atoms with Crippen LogP contribution < -0.4 is 10.9 Å². The normalized spacial score (nSPS) is 22.4. The fourth-order valence-corrected chi connectivity index (χ4v) is 5.37. The van der Waals surface area contributed by atoms with E-state index in [4.69, 9.17) is 4.98 Å². The van der Waals surface area contributed by atoms with E-state index in [1.54, 1.807) is 12.1 Å². The Labute approximate surface area is 187 Å². The van der Waals surface area contributed by atoms with Gasteiger partial charge in [0.05, 0.1) is 11.3 Å². The summed E-state index contributed by atoms with van der Waals surface area (Å²) in [5, 5.41) is 2.98. The minimum atomic E-state index is -0.239. The van der Waals surface area contributed by atoms with E-state index in [1.807, 2.05) is 23.3 Å². The van der Waals surface area contributed by atoms with E-state index in [-0.39, 0.29) is 28.9 Å². The van der Waals surface area contributed by atoms with Crippen molar-refractivity contribution in [2.24, 2.45) is 0 Å². The first kappa shape index (κ1) is 21.1. The Hall–Kier alpha value is -2.74. The third-order valence-electron chi connectivity index (χ3n) is 7.06. The largest absolute Gasteiger partial charge is 0.336 e. The van der Waals surface area contributed by atoms with Gasteiger partial charge in [0.25, 0.3) is 5.56 Å². The van der Waals surface area contributed by atoms with Crippen molar-refractivity contribution in [2.45, 2.75) is 64.2 Å². The Balaban J connectivity index is 1.37. The molecule has 0 aliphatic carbocycles. The molecular formula is C24H30FN5O2. The fraction of sp³-hybridized carbons (Fsp3) is 0.542. The van der Waals surface area contributed by atoms with Crippen LogP contribution >= 0.6 is 0 Å². The molecule has 1 fully saturated rings. The lowest BCUT2D eigenvalue weighted by molar-refractivity contribution is 0.202. The Morgan fingerprint density at radius 2 is 1.94 bits per heavy atom. The van der Waals surface area contributed by atoms with Gasteiger partial charge >= 0.3 is 6.03 Å². The zero-order valence-corrected chi connectivity index (χ0v) is 18.7. The molecule has 3 aliphatic heterocycles. The predicted octanol–water partition coefficient (Wildman–Crippen LogP) is 2.41. The molecule has 0 saturated carbocycles. The van der Waals surface area contributed by atoms with Crippen LogP contribution in [0.2, 0.25) is 0 Å². The third-order valence-corrected chi connectivity index (χ3v) is 7.06. The van der Waals surface area contributed by atoms with Crippen LogP contribution in [0, 0.1) is 5.82 Å². The van der Waals surface area contributed by atoms with E-state index in [9.17, 15) is 14.0 Å². The lowest BCUT2D eigenvalue weighted by Crippen LogP contribution is -2.43. The monoisotopic (exact) mass is 439 g/mol. The first-order chi connectivity index (χ1) is 15.3. The molecule has 3 aliphatic rings. The zero-order chi connectivity index (χ0) is 22.5. The Morgan fingerprint density at radius 1 is 1.19 bits per heavy atom. The molecule has 4 heterocycles. The summed E-state index contributed by atoms with van der Waals surface area (Å²) in [6.45, 7) is 7.95. The van der Waals surface area contributed by atoms with Crippen LogP contribution in [-0.2, 0) is 31.5 Å². The highest BCUT2D eigenvalue weighted by Crippen LogP contribution is 2.41. The highest BCUT2D eigenvalue weighted by molar-refractivity contribution is 5.75. The number of rotatable bonds is 3. The lowest BCUT2D eigenvalue weighted by atomic mass is 9.85. The molecule has 5 rings (SSSR count). The second kappa shape index (κ2) is 7.99. The van der Waals surface area contributed by atoms with Gasteiger partial charge in [-0.3, -0.25) is 14.3 Å². The SMILES string of the molecule is CC(C)NC(=O)N1CC[C@]2(CCn3c2nc2c(c3=O)CN(Cc3ccc(F)cc3)CC2)C1. The van der Waals surface area contributed by atoms with Crippen molar-refractivity contribution in [3.05, 3.63) is 63.1 Å². The molecule has 0 bridgehead atoms. The standard InChI is InChI=1S/C24H30FN5O2/c1-16(2)26-23(32)29-11-8-24(15-29)9-12-30-21(31)19-14-28(10-7-20(19)27-22(24)30)13-17-3-5-18(25)6-4-17/h3-6,16H,7-15H2,1-2H3,(H,26,32)/t24-/m0/s1. The highest BCUT2D eigenvalue weighted by atomic mass is 19.1. The number of urea groups is 1. The number of halogens is 1. The molecule has 1 aromatic heterocycles. The van der Waals surface area contributed by atoms with Gasteiger partial charge in [-0.05, 0) is 44.4 Å². The van der Waals surface area contributed by atoms with Gasteiger partial charge in [0.15, 0.2) is 0 Å². The summed E-state index contributed by atoms with van der Waals surface area (Å²) >= 11 is 0. The van der Waals surface area contributed by atoms with Crippen LogP contribution in [-0.4, -0.2) is 51.1 Å². The summed E-state index contributed by atoms with van der Waals surface area (Å²) in [5.74, 6) is 0.630. The number of nitrogens with zero attached hydrogens (tertiary/aromatic N) is 4. The van der Waals surface area contributed by atoms with Gasteiger partial charge in [0, 0.05) is 57.1 Å². The van der Waals surface area contributed by atoms with Crippen LogP contribution in [0.1, 0.15) is 49.3 Å². The van der Waals surface area contributed by atoms with Gasteiger partial charge in [-0.1, -0.05) is 12.1 Å². The minimum Gasteiger partial charge on any atom is -0.336 e. The Morgan fingerprint density at radius 3 is 2.69 bits per heavy atom. The van der Waals surface area contributed by atoms with E-state index >= 15 is 0 Å². The van der Waals surface area contributed by atoms with Crippen molar-refractivity contribution in [3.8, 4) is 0 Å². The summed E-state index contributed by atoms with van der Waals surface area (Å²) in [7, 11) is 0. The molecule has 2 aromatic rings.